The van der Waals surface area contributed by atoms with Gasteiger partial charge in [0.2, 0.25) is 10.0 Å². The molecule has 0 aliphatic rings. The second-order valence-electron chi connectivity index (χ2n) is 4.29. The molecule has 0 aliphatic carbocycles. The molecule has 2 N–H and O–H groups in total. The van der Waals surface area contributed by atoms with E-state index in [1.54, 1.807) is 37.3 Å². The Labute approximate surface area is 118 Å². The Morgan fingerprint density at radius 3 is 2.70 bits per heavy atom. The van der Waals surface area contributed by atoms with E-state index in [1.165, 1.54) is 0 Å². The van der Waals surface area contributed by atoms with E-state index < -0.39 is 10.0 Å². The van der Waals surface area contributed by atoms with Crippen molar-refractivity contribution < 1.29 is 12.9 Å². The van der Waals surface area contributed by atoms with Gasteiger partial charge in [-0.3, -0.25) is 0 Å². The monoisotopic (exact) mass is 295 g/mol. The summed E-state index contributed by atoms with van der Waals surface area (Å²) in [4.78, 5) is 0.220. The number of nitrogens with one attached hydrogen (secondary N) is 2. The summed E-state index contributed by atoms with van der Waals surface area (Å²) in [6, 6.07) is 8.46. The van der Waals surface area contributed by atoms with E-state index in [1.807, 2.05) is 6.92 Å². The second-order valence-corrected chi connectivity index (χ2v) is 6.02. The van der Waals surface area contributed by atoms with Gasteiger partial charge >= 0.3 is 0 Å². The van der Waals surface area contributed by atoms with Crippen molar-refractivity contribution >= 4 is 15.7 Å². The van der Waals surface area contributed by atoms with Gasteiger partial charge < -0.3 is 9.84 Å². The molecular weight excluding hydrogens is 278 g/mol. The van der Waals surface area contributed by atoms with Crippen molar-refractivity contribution in [3.05, 3.63) is 41.8 Å². The summed E-state index contributed by atoms with van der Waals surface area (Å²) in [6.07, 6.45) is 0. The predicted molar refractivity (Wildman–Crippen MR) is 75.9 cm³/mol. The maximum Gasteiger partial charge on any atom is 0.243 e. The van der Waals surface area contributed by atoms with E-state index in [9.17, 15) is 8.42 Å². The Bertz CT molecular complexity index is 680. The van der Waals surface area contributed by atoms with Gasteiger partial charge in [0.25, 0.3) is 0 Å². The maximum absolute atomic E-state index is 12.3. The molecular formula is C13H17N3O3S. The molecule has 6 nitrogen and oxygen atoms in total. The molecule has 0 spiro atoms. The third kappa shape index (κ3) is 3.37. The number of rotatable bonds is 6. The summed E-state index contributed by atoms with van der Waals surface area (Å²) in [7, 11) is -3.60. The highest BCUT2D eigenvalue weighted by molar-refractivity contribution is 7.89. The van der Waals surface area contributed by atoms with Gasteiger partial charge in [0.05, 0.1) is 17.9 Å². The van der Waals surface area contributed by atoms with Gasteiger partial charge in [-0.05, 0) is 26.0 Å². The van der Waals surface area contributed by atoms with Crippen LogP contribution < -0.4 is 10.0 Å². The highest BCUT2D eigenvalue weighted by Gasteiger charge is 2.18. The zero-order valence-electron chi connectivity index (χ0n) is 11.4. The van der Waals surface area contributed by atoms with E-state index in [2.05, 4.69) is 15.2 Å². The molecule has 0 saturated heterocycles. The minimum Gasteiger partial charge on any atom is -0.384 e. The first-order valence-electron chi connectivity index (χ1n) is 6.27. The Hall–Kier alpha value is -1.86. The van der Waals surface area contributed by atoms with Crippen LogP contribution in [0.2, 0.25) is 0 Å². The van der Waals surface area contributed by atoms with Crippen molar-refractivity contribution in [2.45, 2.75) is 25.3 Å². The Morgan fingerprint density at radius 2 is 2.05 bits per heavy atom. The van der Waals surface area contributed by atoms with Gasteiger partial charge in [-0.1, -0.05) is 17.3 Å². The molecule has 0 bridgehead atoms. The number of aryl methyl sites for hydroxylation is 1. The first-order chi connectivity index (χ1) is 9.53. The fourth-order valence-corrected chi connectivity index (χ4v) is 2.96. The van der Waals surface area contributed by atoms with Crippen molar-refractivity contribution in [1.29, 1.82) is 0 Å². The lowest BCUT2D eigenvalue weighted by molar-refractivity contribution is 0.377. The molecule has 0 unspecified atom stereocenters. The first-order valence-corrected chi connectivity index (χ1v) is 7.76. The summed E-state index contributed by atoms with van der Waals surface area (Å²) < 4.78 is 32.1. The van der Waals surface area contributed by atoms with Crippen LogP contribution in [0.3, 0.4) is 0 Å². The van der Waals surface area contributed by atoms with Gasteiger partial charge in [-0.25, -0.2) is 13.1 Å². The van der Waals surface area contributed by atoms with Crippen LogP contribution in [-0.2, 0) is 16.6 Å². The van der Waals surface area contributed by atoms with Crippen LogP contribution in [0.1, 0.15) is 18.4 Å². The van der Waals surface area contributed by atoms with Crippen LogP contribution in [0.5, 0.6) is 0 Å². The maximum atomic E-state index is 12.3. The van der Waals surface area contributed by atoms with E-state index >= 15 is 0 Å². The molecule has 0 aliphatic heterocycles. The summed E-state index contributed by atoms with van der Waals surface area (Å²) in [5.41, 5.74) is 1.29. The lowest BCUT2D eigenvalue weighted by Gasteiger charge is -2.11. The molecule has 0 amide bonds. The lowest BCUT2D eigenvalue weighted by Crippen LogP contribution is -2.24. The number of benzene rings is 1. The quantitative estimate of drug-likeness (QED) is 0.850. The number of anilines is 1. The molecule has 2 aromatic rings. The average molecular weight is 295 g/mol. The van der Waals surface area contributed by atoms with Crippen molar-refractivity contribution in [2.24, 2.45) is 0 Å². The predicted octanol–water partition coefficient (Wildman–Crippen LogP) is 1.89. The molecule has 0 atom stereocenters. The van der Waals surface area contributed by atoms with Gasteiger partial charge in [0.1, 0.15) is 4.90 Å². The van der Waals surface area contributed by atoms with Crippen LogP contribution in [0.15, 0.2) is 39.8 Å². The number of nitrogens with zero attached hydrogens (tertiary/aromatic N) is 1. The standard InChI is InChI=1S/C13H17N3O3S/c1-3-14-12-6-4-5-7-13(12)20(17,18)15-9-11-8-10(2)16-19-11/h4-8,14-15H,3,9H2,1-2H3. The molecule has 2 rings (SSSR count). The van der Waals surface area contributed by atoms with E-state index in [0.717, 1.165) is 0 Å². The Morgan fingerprint density at radius 1 is 1.30 bits per heavy atom. The summed E-state index contributed by atoms with van der Waals surface area (Å²) in [5, 5.41) is 6.74. The van der Waals surface area contributed by atoms with E-state index in [0.29, 0.717) is 23.7 Å². The van der Waals surface area contributed by atoms with Crippen molar-refractivity contribution in [3.63, 3.8) is 0 Å². The lowest BCUT2D eigenvalue weighted by atomic mass is 10.3. The van der Waals surface area contributed by atoms with Crippen LogP contribution >= 0.6 is 0 Å². The number of para-hydroxylation sites is 1. The topological polar surface area (TPSA) is 84.2 Å². The average Bonchev–Trinajstić information content (AvgIpc) is 2.83. The third-order valence-corrected chi connectivity index (χ3v) is 4.12. The smallest absolute Gasteiger partial charge is 0.243 e. The SMILES string of the molecule is CCNc1ccccc1S(=O)(=O)NCc1cc(C)no1. The van der Waals surface area contributed by atoms with Crippen molar-refractivity contribution in [3.8, 4) is 0 Å². The summed E-state index contributed by atoms with van der Waals surface area (Å²) in [5.74, 6) is 0.479. The van der Waals surface area contributed by atoms with Gasteiger partial charge in [0, 0.05) is 12.6 Å². The normalized spacial score (nSPS) is 11.5. The fraction of sp³-hybridized carbons (Fsp3) is 0.308. The highest BCUT2D eigenvalue weighted by Crippen LogP contribution is 2.20. The molecule has 0 saturated carbocycles. The highest BCUT2D eigenvalue weighted by atomic mass is 32.2. The Kier molecular flexibility index (Phi) is 4.41. The molecule has 20 heavy (non-hydrogen) atoms. The molecule has 108 valence electrons. The van der Waals surface area contributed by atoms with Gasteiger partial charge in [0.15, 0.2) is 5.76 Å². The minimum atomic E-state index is -3.60. The van der Waals surface area contributed by atoms with Crippen LogP contribution in [0, 0.1) is 6.92 Å². The van der Waals surface area contributed by atoms with Gasteiger partial charge in [-0.15, -0.1) is 0 Å². The number of sulfonamides is 1. The molecule has 1 aromatic heterocycles. The van der Waals surface area contributed by atoms with Crippen LogP contribution in [-0.4, -0.2) is 20.1 Å². The number of hydrogen-bond donors (Lipinski definition) is 2. The van der Waals surface area contributed by atoms with Crippen LogP contribution in [0.4, 0.5) is 5.69 Å². The number of aromatic nitrogens is 1. The van der Waals surface area contributed by atoms with Gasteiger partial charge in [-0.2, -0.15) is 0 Å². The largest absolute Gasteiger partial charge is 0.384 e. The second kappa shape index (κ2) is 6.06. The molecule has 1 heterocycles. The molecule has 0 fully saturated rings. The molecule has 7 heteroatoms. The van der Waals surface area contributed by atoms with Crippen molar-refractivity contribution in [2.75, 3.05) is 11.9 Å². The Balaban J connectivity index is 2.18. The van der Waals surface area contributed by atoms with E-state index in [4.69, 9.17) is 4.52 Å². The molecule has 1 aromatic carbocycles. The minimum absolute atomic E-state index is 0.0730. The third-order valence-electron chi connectivity index (χ3n) is 2.66. The number of hydrogen-bond acceptors (Lipinski definition) is 5. The van der Waals surface area contributed by atoms with E-state index in [-0.39, 0.29) is 11.4 Å². The van der Waals surface area contributed by atoms with Crippen molar-refractivity contribution in [1.82, 2.24) is 9.88 Å². The fourth-order valence-electron chi connectivity index (χ4n) is 1.78. The molecule has 0 radical (unpaired) electrons. The summed E-state index contributed by atoms with van der Waals surface area (Å²) in [6.45, 7) is 4.41. The zero-order chi connectivity index (χ0) is 14.6. The van der Waals surface area contributed by atoms with Crippen LogP contribution in [0.25, 0.3) is 0 Å². The summed E-state index contributed by atoms with van der Waals surface area (Å²) >= 11 is 0. The zero-order valence-corrected chi connectivity index (χ0v) is 12.2. The first kappa shape index (κ1) is 14.5.